The number of carbonyl (C=O) groups excluding carboxylic acids is 1. The fourth-order valence-electron chi connectivity index (χ4n) is 5.16. The van der Waals surface area contributed by atoms with Crippen LogP contribution in [0.3, 0.4) is 0 Å². The Balaban J connectivity index is 1.76. The summed E-state index contributed by atoms with van der Waals surface area (Å²) >= 11 is 0. The lowest BCUT2D eigenvalue weighted by Crippen LogP contribution is -2.20. The molecule has 0 unspecified atom stereocenters. The van der Waals surface area contributed by atoms with E-state index in [0.29, 0.717) is 26.4 Å². The topological polar surface area (TPSA) is 85.2 Å². The number of ether oxygens (including phenoxy) is 3. The molecule has 0 aliphatic carbocycles. The number of hydrogen-bond acceptors (Lipinski definition) is 6. The fraction of sp³-hybridized carbons (Fsp3) is 0.909. The second kappa shape index (κ2) is 26.0. The minimum absolute atomic E-state index is 0.0467. The highest BCUT2D eigenvalue weighted by atomic mass is 16.5. The van der Waals surface area contributed by atoms with E-state index in [9.17, 15) is 15.0 Å². The molecule has 1 rings (SSSR count). The molecule has 0 aromatic heterocycles. The molecule has 0 radical (unpaired) electrons. The van der Waals surface area contributed by atoms with Crippen molar-refractivity contribution in [1.29, 1.82) is 0 Å². The third kappa shape index (κ3) is 22.4. The highest BCUT2D eigenvalue weighted by Crippen LogP contribution is 2.20. The second-order valence-electron chi connectivity index (χ2n) is 11.6. The Morgan fingerprint density at radius 3 is 1.51 bits per heavy atom. The second-order valence-corrected chi connectivity index (χ2v) is 11.6. The van der Waals surface area contributed by atoms with Gasteiger partial charge in [0.05, 0.1) is 38.6 Å². The van der Waals surface area contributed by atoms with Crippen LogP contribution in [-0.2, 0) is 19.0 Å². The van der Waals surface area contributed by atoms with Crippen LogP contribution < -0.4 is 0 Å². The molecule has 0 amide bonds. The predicted octanol–water partition coefficient (Wildman–Crippen LogP) is 7.83. The lowest BCUT2D eigenvalue weighted by Gasteiger charge is -2.13. The molecule has 3 atom stereocenters. The van der Waals surface area contributed by atoms with Crippen LogP contribution in [0, 0.1) is 0 Å². The van der Waals surface area contributed by atoms with E-state index in [0.717, 1.165) is 44.1 Å². The molecule has 0 bridgehead atoms. The Kier molecular flexibility index (Phi) is 24.0. The first-order valence-corrected chi connectivity index (χ1v) is 16.5. The van der Waals surface area contributed by atoms with E-state index < -0.39 is 6.10 Å². The van der Waals surface area contributed by atoms with Crippen molar-refractivity contribution in [3.63, 3.8) is 0 Å². The van der Waals surface area contributed by atoms with Crippen LogP contribution in [0.15, 0.2) is 11.6 Å². The molecule has 1 heterocycles. The zero-order valence-corrected chi connectivity index (χ0v) is 25.5. The van der Waals surface area contributed by atoms with Crippen LogP contribution in [0.1, 0.15) is 149 Å². The van der Waals surface area contributed by atoms with Gasteiger partial charge in [0.15, 0.2) is 0 Å². The van der Waals surface area contributed by atoms with Gasteiger partial charge in [0, 0.05) is 5.57 Å². The van der Waals surface area contributed by atoms with Gasteiger partial charge in [0.2, 0.25) is 0 Å². The maximum atomic E-state index is 11.6. The number of aliphatic hydroxyl groups excluding tert-OH is 2. The highest BCUT2D eigenvalue weighted by molar-refractivity contribution is 5.90. The Labute approximate surface area is 240 Å². The van der Waals surface area contributed by atoms with Gasteiger partial charge in [-0.1, -0.05) is 116 Å². The maximum absolute atomic E-state index is 11.6. The summed E-state index contributed by atoms with van der Waals surface area (Å²) in [5.74, 6) is -0.122. The van der Waals surface area contributed by atoms with Crippen LogP contribution in [0.25, 0.3) is 0 Å². The first-order chi connectivity index (χ1) is 19.0. The van der Waals surface area contributed by atoms with Gasteiger partial charge >= 0.3 is 5.97 Å². The molecule has 0 saturated carbocycles. The Bertz CT molecular complexity index is 593. The largest absolute Gasteiger partial charge is 0.455 e. The number of cyclic esters (lactones) is 1. The van der Waals surface area contributed by atoms with E-state index in [2.05, 4.69) is 6.92 Å². The molecular weight excluding hydrogens is 492 g/mol. The molecule has 6 nitrogen and oxygen atoms in total. The molecule has 6 heteroatoms. The fourth-order valence-corrected chi connectivity index (χ4v) is 5.16. The number of unbranched alkanes of at least 4 members (excludes halogenated alkanes) is 16. The zero-order valence-electron chi connectivity index (χ0n) is 25.5. The summed E-state index contributed by atoms with van der Waals surface area (Å²) in [6.45, 7) is 5.82. The van der Waals surface area contributed by atoms with Crippen molar-refractivity contribution in [3.8, 4) is 0 Å². The SMILES string of the molecule is CCCCCCCCCC[C@H](O)COCCOC[C@@H](O)CCCCCCCCCCCCC1=C[C@@H](C)OC1=O. The van der Waals surface area contributed by atoms with Crippen molar-refractivity contribution in [2.24, 2.45) is 0 Å². The van der Waals surface area contributed by atoms with Crippen LogP contribution in [0.4, 0.5) is 0 Å². The number of carbonyl (C=O) groups is 1. The molecule has 1 aliphatic rings. The van der Waals surface area contributed by atoms with Crippen molar-refractivity contribution in [1.82, 2.24) is 0 Å². The average Bonchev–Trinajstić information content (AvgIpc) is 3.24. The monoisotopic (exact) mass is 554 g/mol. The Morgan fingerprint density at radius 1 is 0.692 bits per heavy atom. The molecule has 0 spiro atoms. The van der Waals surface area contributed by atoms with E-state index in [1.54, 1.807) is 0 Å². The summed E-state index contributed by atoms with van der Waals surface area (Å²) in [5.41, 5.74) is 0.865. The van der Waals surface area contributed by atoms with Gasteiger partial charge in [-0.3, -0.25) is 0 Å². The average molecular weight is 555 g/mol. The van der Waals surface area contributed by atoms with Crippen molar-refractivity contribution < 1.29 is 29.2 Å². The number of esters is 1. The summed E-state index contributed by atoms with van der Waals surface area (Å²) in [5, 5.41) is 20.1. The Hall–Kier alpha value is -0.950. The van der Waals surface area contributed by atoms with Gasteiger partial charge in [-0.15, -0.1) is 0 Å². The minimum Gasteiger partial charge on any atom is -0.455 e. The molecule has 230 valence electrons. The summed E-state index contributed by atoms with van der Waals surface area (Å²) in [6.07, 6.45) is 25.9. The smallest absolute Gasteiger partial charge is 0.334 e. The van der Waals surface area contributed by atoms with Gasteiger partial charge in [0.25, 0.3) is 0 Å². The molecule has 39 heavy (non-hydrogen) atoms. The van der Waals surface area contributed by atoms with Gasteiger partial charge in [-0.05, 0) is 38.7 Å². The van der Waals surface area contributed by atoms with Crippen LogP contribution in [0.5, 0.6) is 0 Å². The van der Waals surface area contributed by atoms with E-state index in [4.69, 9.17) is 14.2 Å². The van der Waals surface area contributed by atoms with Gasteiger partial charge in [-0.25, -0.2) is 4.79 Å². The lowest BCUT2D eigenvalue weighted by atomic mass is 10.0. The minimum atomic E-state index is -0.400. The molecular formula is C33H62O6. The summed E-state index contributed by atoms with van der Waals surface area (Å²) in [7, 11) is 0. The number of rotatable bonds is 29. The molecule has 1 aliphatic heterocycles. The normalized spacial score (nSPS) is 16.9. The molecule has 0 saturated heterocycles. The summed E-state index contributed by atoms with van der Waals surface area (Å²) < 4.78 is 16.2. The molecule has 0 fully saturated rings. The van der Waals surface area contributed by atoms with E-state index in [1.807, 2.05) is 13.0 Å². The highest BCUT2D eigenvalue weighted by Gasteiger charge is 2.21. The first-order valence-electron chi connectivity index (χ1n) is 16.5. The van der Waals surface area contributed by atoms with Crippen LogP contribution in [0.2, 0.25) is 0 Å². The standard InChI is InChI=1S/C33H62O6/c1-3-4-5-6-7-13-16-19-22-31(34)27-37-24-25-38-28-32(35)23-20-17-14-11-9-8-10-12-15-18-21-30-26-29(2)39-33(30)36/h26,29,31-32,34-35H,3-25,27-28H2,1-2H3/t29-,31+,32+/m1/s1. The first kappa shape index (κ1) is 36.1. The van der Waals surface area contributed by atoms with E-state index >= 15 is 0 Å². The van der Waals surface area contributed by atoms with Crippen molar-refractivity contribution in [2.75, 3.05) is 26.4 Å². The van der Waals surface area contributed by atoms with E-state index in [-0.39, 0.29) is 18.2 Å². The van der Waals surface area contributed by atoms with Gasteiger partial charge in [0.1, 0.15) is 6.10 Å². The predicted molar refractivity (Wildman–Crippen MR) is 160 cm³/mol. The third-order valence-corrected chi connectivity index (χ3v) is 7.61. The quantitative estimate of drug-likeness (QED) is 0.0724. The molecule has 2 N–H and O–H groups in total. The Morgan fingerprint density at radius 2 is 1.10 bits per heavy atom. The number of aliphatic hydroxyl groups is 2. The van der Waals surface area contributed by atoms with Crippen molar-refractivity contribution in [3.05, 3.63) is 11.6 Å². The third-order valence-electron chi connectivity index (χ3n) is 7.61. The summed E-state index contributed by atoms with van der Waals surface area (Å²) in [6, 6.07) is 0. The van der Waals surface area contributed by atoms with Gasteiger partial charge < -0.3 is 24.4 Å². The zero-order chi connectivity index (χ0) is 28.4. The van der Waals surface area contributed by atoms with Gasteiger partial charge in [-0.2, -0.15) is 0 Å². The molecule has 0 aromatic rings. The number of hydrogen-bond donors (Lipinski definition) is 2. The molecule has 0 aromatic carbocycles. The van der Waals surface area contributed by atoms with E-state index in [1.165, 1.54) is 96.3 Å². The van der Waals surface area contributed by atoms with Crippen molar-refractivity contribution >= 4 is 5.97 Å². The van der Waals surface area contributed by atoms with Crippen molar-refractivity contribution in [2.45, 2.75) is 167 Å². The maximum Gasteiger partial charge on any atom is 0.334 e. The van der Waals surface area contributed by atoms with Crippen LogP contribution in [-0.4, -0.2) is 60.9 Å². The summed E-state index contributed by atoms with van der Waals surface area (Å²) in [4.78, 5) is 11.6. The lowest BCUT2D eigenvalue weighted by molar-refractivity contribution is -0.139. The van der Waals surface area contributed by atoms with Crippen LogP contribution >= 0.6 is 0 Å².